The van der Waals surface area contributed by atoms with E-state index in [9.17, 15) is 18.0 Å². The number of ether oxygens (including phenoxy) is 1. The van der Waals surface area contributed by atoms with Crippen LogP contribution in [-0.2, 0) is 24.4 Å². The summed E-state index contributed by atoms with van der Waals surface area (Å²) < 4.78 is 30.6. The molecular weight excluding hydrogens is 400 g/mol. The van der Waals surface area contributed by atoms with Crippen molar-refractivity contribution in [3.63, 3.8) is 0 Å². The Labute approximate surface area is 170 Å². The summed E-state index contributed by atoms with van der Waals surface area (Å²) in [6, 6.07) is 5.55. The maximum absolute atomic E-state index is 12.5. The molecule has 1 aromatic carbocycles. The van der Waals surface area contributed by atoms with E-state index in [1.54, 1.807) is 9.80 Å². The molecule has 2 aliphatic rings. The maximum Gasteiger partial charge on any atom is 0.321 e. The summed E-state index contributed by atoms with van der Waals surface area (Å²) in [5.41, 5.74) is 0.479. The number of hydrogen-bond acceptors (Lipinski definition) is 6. The number of hydrogen-bond donors (Lipinski definition) is 1. The van der Waals surface area contributed by atoms with E-state index in [0.717, 1.165) is 17.3 Å². The molecule has 160 valence electrons. The highest BCUT2D eigenvalue weighted by atomic mass is 32.2. The van der Waals surface area contributed by atoms with Crippen LogP contribution in [0.2, 0.25) is 0 Å². The number of piperazine rings is 1. The Hall–Kier alpha value is -2.21. The number of sulfonamides is 1. The zero-order valence-electron chi connectivity index (χ0n) is 16.5. The van der Waals surface area contributed by atoms with Gasteiger partial charge in [-0.1, -0.05) is 4.47 Å². The van der Waals surface area contributed by atoms with Gasteiger partial charge in [0.15, 0.2) is 0 Å². The number of rotatable bonds is 5. The summed E-state index contributed by atoms with van der Waals surface area (Å²) in [5, 5.41) is 2.75. The molecule has 10 nitrogen and oxygen atoms in total. The Morgan fingerprint density at radius 1 is 1.14 bits per heavy atom. The monoisotopic (exact) mass is 426 g/mol. The molecule has 1 aromatic rings. The molecular formula is C18H26N4O6S. The molecule has 1 N–H and O–H groups in total. The third kappa shape index (κ3) is 4.86. The van der Waals surface area contributed by atoms with Crippen molar-refractivity contribution < 1.29 is 27.6 Å². The van der Waals surface area contributed by atoms with Gasteiger partial charge in [-0.3, -0.25) is 9.63 Å². The van der Waals surface area contributed by atoms with Gasteiger partial charge >= 0.3 is 6.03 Å². The summed E-state index contributed by atoms with van der Waals surface area (Å²) in [6.45, 7) is 2.41. The van der Waals surface area contributed by atoms with Gasteiger partial charge in [-0.25, -0.2) is 13.2 Å². The lowest BCUT2D eigenvalue weighted by Gasteiger charge is -2.35. The number of nitrogens with zero attached hydrogens (tertiary/aromatic N) is 3. The lowest BCUT2D eigenvalue weighted by atomic mass is 10.2. The van der Waals surface area contributed by atoms with Crippen LogP contribution in [0.25, 0.3) is 0 Å². The first-order valence-corrected chi connectivity index (χ1v) is 10.9. The highest BCUT2D eigenvalue weighted by molar-refractivity contribution is 7.89. The second kappa shape index (κ2) is 9.08. The first kappa shape index (κ1) is 21.5. The fourth-order valence-electron chi connectivity index (χ4n) is 3.27. The normalized spacial score (nSPS) is 20.2. The third-order valence-electron chi connectivity index (χ3n) is 5.08. The fourth-order valence-corrected chi connectivity index (χ4v) is 4.24. The number of nitrogens with one attached hydrogen (secondary N) is 1. The molecule has 3 rings (SSSR count). The van der Waals surface area contributed by atoms with Crippen molar-refractivity contribution in [2.75, 3.05) is 52.3 Å². The van der Waals surface area contributed by atoms with Crippen LogP contribution in [0.15, 0.2) is 29.2 Å². The predicted molar refractivity (Wildman–Crippen MR) is 105 cm³/mol. The van der Waals surface area contributed by atoms with Crippen LogP contribution in [0.5, 0.6) is 0 Å². The summed E-state index contributed by atoms with van der Waals surface area (Å²) in [4.78, 5) is 33.0. The molecule has 0 bridgehead atoms. The molecule has 2 aliphatic heterocycles. The van der Waals surface area contributed by atoms with Gasteiger partial charge in [-0.15, -0.1) is 0 Å². The quantitative estimate of drug-likeness (QED) is 0.695. The highest BCUT2D eigenvalue weighted by Crippen LogP contribution is 2.19. The minimum Gasteiger partial charge on any atom is -0.368 e. The number of benzene rings is 1. The van der Waals surface area contributed by atoms with Crippen molar-refractivity contribution in [1.82, 2.24) is 14.3 Å². The highest BCUT2D eigenvalue weighted by Gasteiger charge is 2.31. The second-order valence-electron chi connectivity index (χ2n) is 6.87. The van der Waals surface area contributed by atoms with Gasteiger partial charge < -0.3 is 19.9 Å². The summed E-state index contributed by atoms with van der Waals surface area (Å²) in [5.74, 6) is 0.000355. The number of amides is 3. The molecule has 1 atom stereocenters. The van der Waals surface area contributed by atoms with E-state index in [0.29, 0.717) is 38.5 Å². The van der Waals surface area contributed by atoms with Gasteiger partial charge in [0.25, 0.3) is 15.9 Å². The smallest absolute Gasteiger partial charge is 0.321 e. The standard InChI is InChI=1S/C18H26N4O6S/c1-20(27-2)29(25,26)15-7-5-14(6-8-15)19-18(24)22-11-9-21(10-12-22)17(23)16-4-3-13-28-16/h5-8,16H,3-4,9-13H2,1-2H3,(H,19,24). The SMILES string of the molecule is CON(C)S(=O)(=O)c1ccc(NC(=O)N2CCN(C(=O)C3CCCO3)CC2)cc1. The van der Waals surface area contributed by atoms with Crippen molar-refractivity contribution in [3.8, 4) is 0 Å². The number of anilines is 1. The summed E-state index contributed by atoms with van der Waals surface area (Å²) >= 11 is 0. The second-order valence-corrected chi connectivity index (χ2v) is 8.80. The topological polar surface area (TPSA) is 108 Å². The van der Waals surface area contributed by atoms with Gasteiger partial charge in [0.1, 0.15) is 6.10 Å². The van der Waals surface area contributed by atoms with Gasteiger partial charge in [-0.05, 0) is 37.1 Å². The van der Waals surface area contributed by atoms with Crippen LogP contribution in [0.4, 0.5) is 10.5 Å². The number of carbonyl (C=O) groups excluding carboxylic acids is 2. The van der Waals surface area contributed by atoms with E-state index in [-0.39, 0.29) is 22.9 Å². The van der Waals surface area contributed by atoms with E-state index >= 15 is 0 Å². The number of urea groups is 1. The molecule has 3 amide bonds. The maximum atomic E-state index is 12.5. The zero-order valence-corrected chi connectivity index (χ0v) is 17.4. The Kier molecular flexibility index (Phi) is 6.73. The minimum absolute atomic E-state index is 0.000355. The van der Waals surface area contributed by atoms with Crippen LogP contribution >= 0.6 is 0 Å². The van der Waals surface area contributed by atoms with Crippen LogP contribution in [0.1, 0.15) is 12.8 Å². The zero-order chi connectivity index (χ0) is 21.0. The van der Waals surface area contributed by atoms with E-state index in [1.165, 1.54) is 38.4 Å². The van der Waals surface area contributed by atoms with Crippen LogP contribution < -0.4 is 5.32 Å². The van der Waals surface area contributed by atoms with E-state index in [4.69, 9.17) is 9.57 Å². The van der Waals surface area contributed by atoms with Gasteiger partial charge in [0, 0.05) is 45.5 Å². The van der Waals surface area contributed by atoms with Crippen LogP contribution in [-0.4, -0.2) is 87.7 Å². The Morgan fingerprint density at radius 2 is 1.76 bits per heavy atom. The Morgan fingerprint density at radius 3 is 2.31 bits per heavy atom. The number of hydroxylamine groups is 1. The lowest BCUT2D eigenvalue weighted by Crippen LogP contribution is -2.53. The molecule has 29 heavy (non-hydrogen) atoms. The first-order chi connectivity index (χ1) is 13.8. The molecule has 2 fully saturated rings. The number of carbonyl (C=O) groups is 2. The predicted octanol–water partition coefficient (Wildman–Crippen LogP) is 0.724. The van der Waals surface area contributed by atoms with Crippen LogP contribution in [0.3, 0.4) is 0 Å². The molecule has 11 heteroatoms. The Bertz CT molecular complexity index is 830. The van der Waals surface area contributed by atoms with Crippen LogP contribution in [0, 0.1) is 0 Å². The molecule has 0 spiro atoms. The van der Waals surface area contributed by atoms with Crippen molar-refractivity contribution in [3.05, 3.63) is 24.3 Å². The fraction of sp³-hybridized carbons (Fsp3) is 0.556. The largest absolute Gasteiger partial charge is 0.368 e. The molecule has 0 radical (unpaired) electrons. The first-order valence-electron chi connectivity index (χ1n) is 9.42. The van der Waals surface area contributed by atoms with E-state index in [1.807, 2.05) is 0 Å². The molecule has 0 saturated carbocycles. The molecule has 2 saturated heterocycles. The van der Waals surface area contributed by atoms with Gasteiger partial charge in [0.05, 0.1) is 12.0 Å². The van der Waals surface area contributed by atoms with Crippen molar-refractivity contribution in [2.24, 2.45) is 0 Å². The summed E-state index contributed by atoms with van der Waals surface area (Å²) in [6.07, 6.45) is 1.31. The van der Waals surface area contributed by atoms with Crippen molar-refractivity contribution in [1.29, 1.82) is 0 Å². The average molecular weight is 426 g/mol. The van der Waals surface area contributed by atoms with Gasteiger partial charge in [-0.2, -0.15) is 0 Å². The Balaban J connectivity index is 1.53. The van der Waals surface area contributed by atoms with Crippen molar-refractivity contribution >= 4 is 27.6 Å². The third-order valence-corrected chi connectivity index (χ3v) is 6.78. The molecule has 0 aliphatic carbocycles. The molecule has 0 aromatic heterocycles. The van der Waals surface area contributed by atoms with Crippen molar-refractivity contribution in [2.45, 2.75) is 23.8 Å². The van der Waals surface area contributed by atoms with Gasteiger partial charge in [0.2, 0.25) is 0 Å². The summed E-state index contributed by atoms with van der Waals surface area (Å²) in [7, 11) is -1.17. The lowest BCUT2D eigenvalue weighted by molar-refractivity contribution is -0.142. The van der Waals surface area contributed by atoms with E-state index < -0.39 is 10.0 Å². The van der Waals surface area contributed by atoms with E-state index in [2.05, 4.69) is 5.32 Å². The molecule has 2 heterocycles. The minimum atomic E-state index is -3.74. The molecule has 1 unspecified atom stereocenters. The average Bonchev–Trinajstić information content (AvgIpc) is 3.28.